The van der Waals surface area contributed by atoms with Gasteiger partial charge in [-0.25, -0.2) is 9.18 Å². The zero-order valence-corrected chi connectivity index (χ0v) is 17.5. The van der Waals surface area contributed by atoms with Gasteiger partial charge in [0, 0.05) is 31.7 Å². The molecule has 7 heteroatoms. The number of amides is 1. The van der Waals surface area contributed by atoms with Gasteiger partial charge in [0.05, 0.1) is 5.56 Å². The number of carboxylic acid groups (broad SMARTS) is 1. The van der Waals surface area contributed by atoms with E-state index in [1.807, 2.05) is 18.7 Å². The van der Waals surface area contributed by atoms with Crippen LogP contribution in [0.5, 0.6) is 5.75 Å². The molecule has 6 nitrogen and oxygen atoms in total. The van der Waals surface area contributed by atoms with Crippen molar-refractivity contribution in [2.24, 2.45) is 0 Å². The minimum absolute atomic E-state index is 0.00389. The lowest BCUT2D eigenvalue weighted by Crippen LogP contribution is -2.58. The van der Waals surface area contributed by atoms with Crippen LogP contribution in [-0.2, 0) is 11.3 Å². The number of halogens is 1. The van der Waals surface area contributed by atoms with Crippen molar-refractivity contribution >= 4 is 11.9 Å². The summed E-state index contributed by atoms with van der Waals surface area (Å²) in [5.41, 5.74) is 1.94. The highest BCUT2D eigenvalue weighted by molar-refractivity contribution is 5.88. The summed E-state index contributed by atoms with van der Waals surface area (Å²) in [6.07, 6.45) is 0. The monoisotopic (exact) mass is 414 g/mol. The fourth-order valence-corrected chi connectivity index (χ4v) is 3.70. The molecule has 0 spiro atoms. The predicted octanol–water partition coefficient (Wildman–Crippen LogP) is 3.33. The zero-order valence-electron chi connectivity index (χ0n) is 17.5. The number of hydrogen-bond acceptors (Lipinski definition) is 4. The molecule has 1 saturated heterocycles. The molecule has 1 amide bonds. The summed E-state index contributed by atoms with van der Waals surface area (Å²) >= 11 is 0. The van der Waals surface area contributed by atoms with Crippen molar-refractivity contribution in [3.8, 4) is 5.75 Å². The molecule has 0 aromatic heterocycles. The molecule has 0 saturated carbocycles. The van der Waals surface area contributed by atoms with E-state index in [2.05, 4.69) is 11.8 Å². The summed E-state index contributed by atoms with van der Waals surface area (Å²) in [5.74, 6) is -1.01. The first-order valence-corrected chi connectivity index (χ1v) is 9.99. The first kappa shape index (κ1) is 21.8. The Balaban J connectivity index is 1.59. The number of nitrogens with zero attached hydrogens (tertiary/aromatic N) is 2. The molecule has 0 bridgehead atoms. The van der Waals surface area contributed by atoms with E-state index in [0.29, 0.717) is 25.4 Å². The third-order valence-corrected chi connectivity index (χ3v) is 5.52. The molecule has 160 valence electrons. The molecular weight excluding hydrogens is 387 g/mol. The molecule has 3 rings (SSSR count). The number of piperazine rings is 1. The molecule has 1 N–H and O–H groups in total. The van der Waals surface area contributed by atoms with Crippen molar-refractivity contribution in [2.45, 2.75) is 39.4 Å². The first-order chi connectivity index (χ1) is 14.2. The highest BCUT2D eigenvalue weighted by atomic mass is 19.1. The lowest BCUT2D eigenvalue weighted by Gasteiger charge is -2.44. The number of carboxylic acids is 1. The van der Waals surface area contributed by atoms with E-state index < -0.39 is 5.97 Å². The second-order valence-corrected chi connectivity index (χ2v) is 7.87. The van der Waals surface area contributed by atoms with Gasteiger partial charge in [-0.1, -0.05) is 18.2 Å². The Morgan fingerprint density at radius 1 is 1.10 bits per heavy atom. The zero-order chi connectivity index (χ0) is 21.8. The number of carbonyl (C=O) groups is 2. The van der Waals surface area contributed by atoms with Gasteiger partial charge in [-0.05, 0) is 56.2 Å². The van der Waals surface area contributed by atoms with Gasteiger partial charge >= 0.3 is 5.97 Å². The maximum absolute atomic E-state index is 13.1. The maximum atomic E-state index is 13.1. The second-order valence-electron chi connectivity index (χ2n) is 7.87. The molecule has 2 atom stereocenters. The van der Waals surface area contributed by atoms with E-state index >= 15 is 0 Å². The van der Waals surface area contributed by atoms with Crippen molar-refractivity contribution in [3.05, 3.63) is 65.0 Å². The van der Waals surface area contributed by atoms with Crippen LogP contribution in [0.1, 0.15) is 35.3 Å². The van der Waals surface area contributed by atoms with E-state index in [9.17, 15) is 14.0 Å². The first-order valence-electron chi connectivity index (χ1n) is 9.99. The van der Waals surface area contributed by atoms with Crippen LogP contribution >= 0.6 is 0 Å². The standard InChI is InChI=1S/C23H27FN2O4/c1-15-4-7-19(23(28)29)10-21(15)30-14-22(27)26-12-16(2)25(11-17(26)3)13-18-5-8-20(24)9-6-18/h4-10,16-17H,11-14H2,1-3H3,(H,28,29)/t16-,17+/m0/s1. The largest absolute Gasteiger partial charge is 0.483 e. The fourth-order valence-electron chi connectivity index (χ4n) is 3.70. The summed E-state index contributed by atoms with van der Waals surface area (Å²) in [6.45, 7) is 7.71. The van der Waals surface area contributed by atoms with Gasteiger partial charge in [-0.3, -0.25) is 9.69 Å². The number of aromatic carboxylic acids is 1. The van der Waals surface area contributed by atoms with Crippen LogP contribution in [0.25, 0.3) is 0 Å². The lowest BCUT2D eigenvalue weighted by atomic mass is 10.1. The van der Waals surface area contributed by atoms with Crippen LogP contribution in [0.3, 0.4) is 0 Å². The SMILES string of the molecule is Cc1ccc(C(=O)O)cc1OCC(=O)N1C[C@H](C)N(Cc2ccc(F)cc2)C[C@H]1C. The average molecular weight is 414 g/mol. The van der Waals surface area contributed by atoms with Gasteiger partial charge in [0.25, 0.3) is 5.91 Å². The third-order valence-electron chi connectivity index (χ3n) is 5.52. The summed E-state index contributed by atoms with van der Waals surface area (Å²) in [7, 11) is 0. The molecule has 1 heterocycles. The van der Waals surface area contributed by atoms with Gasteiger partial charge in [0.15, 0.2) is 6.61 Å². The van der Waals surface area contributed by atoms with Crippen LogP contribution in [0, 0.1) is 12.7 Å². The Kier molecular flexibility index (Phi) is 6.72. The summed E-state index contributed by atoms with van der Waals surface area (Å²) in [6, 6.07) is 11.3. The van der Waals surface area contributed by atoms with Crippen molar-refractivity contribution in [3.63, 3.8) is 0 Å². The smallest absolute Gasteiger partial charge is 0.335 e. The topological polar surface area (TPSA) is 70.1 Å². The average Bonchev–Trinajstić information content (AvgIpc) is 2.71. The molecule has 1 aliphatic rings. The molecule has 30 heavy (non-hydrogen) atoms. The van der Waals surface area contributed by atoms with E-state index in [1.165, 1.54) is 24.3 Å². The third kappa shape index (κ3) is 5.16. The summed E-state index contributed by atoms with van der Waals surface area (Å²) < 4.78 is 18.8. The number of benzene rings is 2. The Bertz CT molecular complexity index is 916. The van der Waals surface area contributed by atoms with E-state index in [1.54, 1.807) is 18.2 Å². The predicted molar refractivity (Wildman–Crippen MR) is 111 cm³/mol. The van der Waals surface area contributed by atoms with Gasteiger partial charge in [0.1, 0.15) is 11.6 Å². The normalized spacial score (nSPS) is 19.5. The van der Waals surface area contributed by atoms with Crippen LogP contribution in [0.4, 0.5) is 4.39 Å². The molecule has 0 radical (unpaired) electrons. The van der Waals surface area contributed by atoms with Crippen LogP contribution < -0.4 is 4.74 Å². The number of aryl methyl sites for hydroxylation is 1. The Labute approximate surface area is 175 Å². The molecule has 2 aromatic carbocycles. The Morgan fingerprint density at radius 2 is 1.80 bits per heavy atom. The van der Waals surface area contributed by atoms with Crippen molar-refractivity contribution < 1.29 is 23.8 Å². The molecule has 0 aliphatic carbocycles. The number of hydrogen-bond donors (Lipinski definition) is 1. The molecular formula is C23H27FN2O4. The van der Waals surface area contributed by atoms with Crippen LogP contribution in [-0.4, -0.2) is 58.6 Å². The molecule has 2 aromatic rings. The van der Waals surface area contributed by atoms with Gasteiger partial charge in [0.2, 0.25) is 0 Å². The highest BCUT2D eigenvalue weighted by Crippen LogP contribution is 2.22. The van der Waals surface area contributed by atoms with Gasteiger partial charge in [-0.15, -0.1) is 0 Å². The van der Waals surface area contributed by atoms with E-state index in [-0.39, 0.29) is 36.0 Å². The Morgan fingerprint density at radius 3 is 2.47 bits per heavy atom. The number of ether oxygens (including phenoxy) is 1. The maximum Gasteiger partial charge on any atom is 0.335 e. The quantitative estimate of drug-likeness (QED) is 0.785. The number of rotatable bonds is 6. The van der Waals surface area contributed by atoms with Crippen molar-refractivity contribution in [1.82, 2.24) is 9.80 Å². The van der Waals surface area contributed by atoms with Crippen molar-refractivity contribution in [1.29, 1.82) is 0 Å². The summed E-state index contributed by atoms with van der Waals surface area (Å²) in [5, 5.41) is 9.14. The minimum atomic E-state index is -1.04. The molecule has 1 fully saturated rings. The van der Waals surface area contributed by atoms with Gasteiger partial charge in [-0.2, -0.15) is 0 Å². The Hall–Kier alpha value is -2.93. The van der Waals surface area contributed by atoms with Crippen LogP contribution in [0.15, 0.2) is 42.5 Å². The molecule has 0 unspecified atom stereocenters. The number of carbonyl (C=O) groups excluding carboxylic acids is 1. The van der Waals surface area contributed by atoms with Crippen LogP contribution in [0.2, 0.25) is 0 Å². The van der Waals surface area contributed by atoms with E-state index in [4.69, 9.17) is 9.84 Å². The highest BCUT2D eigenvalue weighted by Gasteiger charge is 2.32. The molecule has 1 aliphatic heterocycles. The lowest BCUT2D eigenvalue weighted by molar-refractivity contribution is -0.139. The van der Waals surface area contributed by atoms with Crippen molar-refractivity contribution in [2.75, 3.05) is 19.7 Å². The second kappa shape index (κ2) is 9.26. The fraction of sp³-hybridized carbons (Fsp3) is 0.391. The summed E-state index contributed by atoms with van der Waals surface area (Å²) in [4.78, 5) is 28.0. The van der Waals surface area contributed by atoms with Gasteiger partial charge < -0.3 is 14.7 Å². The van der Waals surface area contributed by atoms with E-state index in [0.717, 1.165) is 11.1 Å². The minimum Gasteiger partial charge on any atom is -0.483 e.